The highest BCUT2D eigenvalue weighted by Crippen LogP contribution is 2.22. The van der Waals surface area contributed by atoms with Gasteiger partial charge in [-0.2, -0.15) is 0 Å². The first-order chi connectivity index (χ1) is 18.3. The van der Waals surface area contributed by atoms with Gasteiger partial charge in [-0.25, -0.2) is 12.8 Å². The Morgan fingerprint density at radius 2 is 1.69 bits per heavy atom. The van der Waals surface area contributed by atoms with Crippen LogP contribution in [-0.2, 0) is 27.8 Å². The number of halogens is 1. The Balaban J connectivity index is 1.84. The molecular weight excluding hydrogens is 523 g/mol. The largest absolute Gasteiger partial charge is 0.394 e. The molecule has 2 amide bonds. The van der Waals surface area contributed by atoms with Crippen molar-refractivity contribution in [2.24, 2.45) is 5.73 Å². The SMILES string of the molecule is C[C@@H](NC(=O)c1cc(CNC(=O)C(N)(CO)Cc2ccccc2)cc(N(C)S(C)(=O)=O)c1)c1ccc(F)cc1. The lowest BCUT2D eigenvalue weighted by Gasteiger charge is -2.26. The molecule has 2 atom stereocenters. The highest BCUT2D eigenvalue weighted by atomic mass is 32.2. The van der Waals surface area contributed by atoms with Gasteiger partial charge in [0, 0.05) is 25.6 Å². The molecule has 3 rings (SSSR count). The van der Waals surface area contributed by atoms with Crippen molar-refractivity contribution in [3.63, 3.8) is 0 Å². The highest BCUT2D eigenvalue weighted by molar-refractivity contribution is 7.92. The molecule has 0 aliphatic carbocycles. The fourth-order valence-corrected chi connectivity index (χ4v) is 4.41. The van der Waals surface area contributed by atoms with Gasteiger partial charge in [0.2, 0.25) is 15.9 Å². The lowest BCUT2D eigenvalue weighted by molar-refractivity contribution is -0.128. The van der Waals surface area contributed by atoms with Crippen molar-refractivity contribution in [2.75, 3.05) is 24.2 Å². The van der Waals surface area contributed by atoms with Crippen LogP contribution in [0.2, 0.25) is 0 Å². The van der Waals surface area contributed by atoms with Gasteiger partial charge in [-0.1, -0.05) is 42.5 Å². The minimum absolute atomic E-state index is 0.0776. The van der Waals surface area contributed by atoms with Crippen LogP contribution in [0.3, 0.4) is 0 Å². The summed E-state index contributed by atoms with van der Waals surface area (Å²) in [5.74, 6) is -1.49. The van der Waals surface area contributed by atoms with Crippen molar-refractivity contribution >= 4 is 27.5 Å². The molecule has 39 heavy (non-hydrogen) atoms. The quantitative estimate of drug-likeness (QED) is 0.286. The Hall–Kier alpha value is -3.80. The number of hydrogen-bond acceptors (Lipinski definition) is 6. The van der Waals surface area contributed by atoms with E-state index in [0.29, 0.717) is 11.1 Å². The van der Waals surface area contributed by atoms with Gasteiger partial charge >= 0.3 is 0 Å². The van der Waals surface area contributed by atoms with E-state index in [1.807, 2.05) is 6.07 Å². The second-order valence-corrected chi connectivity index (χ2v) is 11.5. The number of benzene rings is 3. The summed E-state index contributed by atoms with van der Waals surface area (Å²) in [4.78, 5) is 26.1. The van der Waals surface area contributed by atoms with Crippen LogP contribution >= 0.6 is 0 Å². The number of amides is 2. The molecule has 0 spiro atoms. The number of carbonyl (C=O) groups is 2. The number of aliphatic hydroxyl groups excluding tert-OH is 1. The van der Waals surface area contributed by atoms with E-state index in [1.54, 1.807) is 43.3 Å². The average molecular weight is 557 g/mol. The predicted molar refractivity (Wildman–Crippen MR) is 148 cm³/mol. The second-order valence-electron chi connectivity index (χ2n) is 9.52. The molecule has 0 aromatic heterocycles. The van der Waals surface area contributed by atoms with Crippen molar-refractivity contribution in [1.29, 1.82) is 0 Å². The molecule has 0 aliphatic rings. The van der Waals surface area contributed by atoms with Crippen LogP contribution in [-0.4, -0.2) is 50.8 Å². The van der Waals surface area contributed by atoms with Crippen molar-refractivity contribution in [3.05, 3.63) is 101 Å². The van der Waals surface area contributed by atoms with E-state index in [4.69, 9.17) is 5.73 Å². The molecule has 0 saturated carbocycles. The summed E-state index contributed by atoms with van der Waals surface area (Å²) < 4.78 is 38.7. The van der Waals surface area contributed by atoms with E-state index in [0.717, 1.165) is 16.1 Å². The maximum absolute atomic E-state index is 13.3. The molecule has 0 radical (unpaired) electrons. The highest BCUT2D eigenvalue weighted by Gasteiger charge is 2.33. The molecule has 1 unspecified atom stereocenters. The van der Waals surface area contributed by atoms with E-state index < -0.39 is 45.8 Å². The van der Waals surface area contributed by atoms with Gasteiger partial charge in [0.1, 0.15) is 11.4 Å². The number of nitrogens with zero attached hydrogens (tertiary/aromatic N) is 1. The van der Waals surface area contributed by atoms with Gasteiger partial charge in [0.15, 0.2) is 0 Å². The van der Waals surface area contributed by atoms with Gasteiger partial charge in [-0.05, 0) is 53.9 Å². The first kappa shape index (κ1) is 29.8. The summed E-state index contributed by atoms with van der Waals surface area (Å²) in [6.07, 6.45) is 1.13. The van der Waals surface area contributed by atoms with Crippen LogP contribution in [0, 0.1) is 5.82 Å². The molecule has 9 nitrogen and oxygen atoms in total. The van der Waals surface area contributed by atoms with Crippen LogP contribution in [0.1, 0.15) is 40.0 Å². The maximum Gasteiger partial charge on any atom is 0.251 e. The van der Waals surface area contributed by atoms with Crippen molar-refractivity contribution in [1.82, 2.24) is 10.6 Å². The number of nitrogens with two attached hydrogens (primary N) is 1. The number of aliphatic hydroxyl groups is 1. The Labute approximate surface area is 227 Å². The van der Waals surface area contributed by atoms with Gasteiger partial charge in [-0.3, -0.25) is 13.9 Å². The minimum atomic E-state index is -3.65. The van der Waals surface area contributed by atoms with E-state index >= 15 is 0 Å². The number of anilines is 1. The Morgan fingerprint density at radius 3 is 2.28 bits per heavy atom. The normalized spacial score (nSPS) is 13.7. The average Bonchev–Trinajstić information content (AvgIpc) is 2.91. The molecule has 11 heteroatoms. The summed E-state index contributed by atoms with van der Waals surface area (Å²) in [5, 5.41) is 15.4. The van der Waals surface area contributed by atoms with Crippen molar-refractivity contribution in [2.45, 2.75) is 31.5 Å². The summed E-state index contributed by atoms with van der Waals surface area (Å²) >= 11 is 0. The smallest absolute Gasteiger partial charge is 0.251 e. The standard InChI is InChI=1S/C28H33FN4O5S/c1-19(22-9-11-24(29)12-10-22)32-26(35)23-13-21(14-25(15-23)33(2)39(3,37)38)17-31-27(36)28(30,18-34)16-20-7-5-4-6-8-20/h4-15,19,34H,16-18,30H2,1-3H3,(H,31,36)(H,32,35)/t19-,28?/m1/s1. The molecule has 0 aliphatic heterocycles. The third-order valence-electron chi connectivity index (χ3n) is 6.37. The molecule has 5 N–H and O–H groups in total. The van der Waals surface area contributed by atoms with E-state index in [1.165, 1.54) is 37.4 Å². The van der Waals surface area contributed by atoms with Crippen LogP contribution in [0.4, 0.5) is 10.1 Å². The van der Waals surface area contributed by atoms with Gasteiger partial charge in [0.05, 0.1) is 24.6 Å². The maximum atomic E-state index is 13.3. The van der Waals surface area contributed by atoms with E-state index in [2.05, 4.69) is 10.6 Å². The Bertz CT molecular complexity index is 1420. The zero-order valence-corrected chi connectivity index (χ0v) is 22.8. The van der Waals surface area contributed by atoms with Crippen molar-refractivity contribution < 1.29 is 27.5 Å². The van der Waals surface area contributed by atoms with E-state index in [-0.39, 0.29) is 24.2 Å². The predicted octanol–water partition coefficient (Wildman–Crippen LogP) is 2.26. The number of carbonyl (C=O) groups excluding carboxylic acids is 2. The molecule has 3 aromatic rings. The number of hydrogen-bond donors (Lipinski definition) is 4. The van der Waals surface area contributed by atoms with Crippen LogP contribution < -0.4 is 20.7 Å². The lowest BCUT2D eigenvalue weighted by Crippen LogP contribution is -2.58. The second kappa shape index (κ2) is 12.4. The van der Waals surface area contributed by atoms with Crippen LogP contribution in [0.25, 0.3) is 0 Å². The molecule has 3 aromatic carbocycles. The molecule has 0 saturated heterocycles. The van der Waals surface area contributed by atoms with Crippen LogP contribution in [0.5, 0.6) is 0 Å². The lowest BCUT2D eigenvalue weighted by atomic mass is 9.91. The molecule has 0 bridgehead atoms. The third kappa shape index (κ3) is 7.85. The Morgan fingerprint density at radius 1 is 1.05 bits per heavy atom. The molecule has 0 fully saturated rings. The zero-order chi connectivity index (χ0) is 28.8. The van der Waals surface area contributed by atoms with Gasteiger partial charge < -0.3 is 21.5 Å². The number of sulfonamides is 1. The first-order valence-electron chi connectivity index (χ1n) is 12.2. The Kier molecular flexibility index (Phi) is 9.44. The summed E-state index contributed by atoms with van der Waals surface area (Å²) in [7, 11) is -2.30. The van der Waals surface area contributed by atoms with Gasteiger partial charge in [-0.15, -0.1) is 0 Å². The first-order valence-corrected chi connectivity index (χ1v) is 14.0. The summed E-state index contributed by atoms with van der Waals surface area (Å²) in [6.45, 7) is 1.06. The third-order valence-corrected chi connectivity index (χ3v) is 7.57. The molecule has 0 heterocycles. The van der Waals surface area contributed by atoms with Crippen molar-refractivity contribution in [3.8, 4) is 0 Å². The zero-order valence-electron chi connectivity index (χ0n) is 22.0. The monoisotopic (exact) mass is 556 g/mol. The van der Waals surface area contributed by atoms with E-state index in [9.17, 15) is 27.5 Å². The fourth-order valence-electron chi connectivity index (χ4n) is 3.92. The van der Waals surface area contributed by atoms with Gasteiger partial charge in [0.25, 0.3) is 5.91 Å². The van der Waals surface area contributed by atoms with Crippen LogP contribution in [0.15, 0.2) is 72.8 Å². The molecular formula is C28H33FN4O5S. The number of nitrogens with one attached hydrogen (secondary N) is 2. The summed E-state index contributed by atoms with van der Waals surface area (Å²) in [5.41, 5.74) is 6.92. The summed E-state index contributed by atoms with van der Waals surface area (Å²) in [6, 6.07) is 18.8. The minimum Gasteiger partial charge on any atom is -0.394 e. The number of rotatable bonds is 11. The fraction of sp³-hybridized carbons (Fsp3) is 0.286. The topological polar surface area (TPSA) is 142 Å². The molecule has 208 valence electrons.